The van der Waals surface area contributed by atoms with Crippen LogP contribution in [-0.4, -0.2) is 34.7 Å². The van der Waals surface area contributed by atoms with Crippen molar-refractivity contribution in [3.63, 3.8) is 0 Å². The van der Waals surface area contributed by atoms with E-state index < -0.39 is 5.60 Å². The molecule has 94 valence electrons. The van der Waals surface area contributed by atoms with E-state index >= 15 is 0 Å². The lowest BCUT2D eigenvalue weighted by Gasteiger charge is -2.36. The van der Waals surface area contributed by atoms with Crippen LogP contribution in [0.4, 0.5) is 0 Å². The summed E-state index contributed by atoms with van der Waals surface area (Å²) in [4.78, 5) is 2.52. The molecule has 0 aromatic heterocycles. The van der Waals surface area contributed by atoms with Crippen LogP contribution >= 0.6 is 0 Å². The Kier molecular flexibility index (Phi) is 5.00. The summed E-state index contributed by atoms with van der Waals surface area (Å²) in [7, 11) is 0. The number of rotatable bonds is 4. The predicted octanol–water partition coefficient (Wildman–Crippen LogP) is 2.97. The van der Waals surface area contributed by atoms with Crippen LogP contribution in [0.5, 0.6) is 0 Å². The monoisotopic (exact) mass is 225 g/mol. The number of piperidine rings is 1. The molecule has 1 heterocycles. The molecule has 0 aromatic carbocycles. The van der Waals surface area contributed by atoms with Crippen molar-refractivity contribution < 1.29 is 5.11 Å². The Bertz CT molecular complexity index is 230. The molecular weight excluding hydrogens is 198 g/mol. The van der Waals surface area contributed by atoms with Crippen LogP contribution in [0, 0.1) is 0 Å². The van der Waals surface area contributed by atoms with Crippen LogP contribution in [0.3, 0.4) is 0 Å². The minimum atomic E-state index is -0.575. The van der Waals surface area contributed by atoms with Gasteiger partial charge in [0.2, 0.25) is 0 Å². The first-order chi connectivity index (χ1) is 7.38. The van der Waals surface area contributed by atoms with Crippen molar-refractivity contribution in [2.24, 2.45) is 0 Å². The normalized spacial score (nSPS) is 20.6. The van der Waals surface area contributed by atoms with E-state index in [-0.39, 0.29) is 0 Å². The lowest BCUT2D eigenvalue weighted by Crippen LogP contribution is -2.42. The fraction of sp³-hybridized carbons (Fsp3) is 0.857. The van der Waals surface area contributed by atoms with Crippen LogP contribution in [-0.2, 0) is 0 Å². The smallest absolute Gasteiger partial charge is 0.0609 e. The summed E-state index contributed by atoms with van der Waals surface area (Å²) in [5.74, 6) is 0. The Morgan fingerprint density at radius 1 is 1.25 bits per heavy atom. The molecule has 0 aromatic rings. The van der Waals surface area contributed by atoms with Gasteiger partial charge in [-0.3, -0.25) is 4.90 Å². The molecule has 0 bridgehead atoms. The van der Waals surface area contributed by atoms with Crippen molar-refractivity contribution in [3.05, 3.63) is 11.6 Å². The fourth-order valence-corrected chi connectivity index (χ4v) is 2.44. The standard InChI is InChI=1S/C14H27NO/c1-12(2)10-13(11-14(3,4)16)15-8-6-5-7-9-15/h10,13,16H,5-9,11H2,1-4H3. The second-order valence-corrected chi connectivity index (χ2v) is 5.92. The van der Waals surface area contributed by atoms with Crippen molar-refractivity contribution in [1.29, 1.82) is 0 Å². The van der Waals surface area contributed by atoms with Gasteiger partial charge in [0.05, 0.1) is 5.60 Å². The van der Waals surface area contributed by atoms with Crippen molar-refractivity contribution >= 4 is 0 Å². The highest BCUT2D eigenvalue weighted by Crippen LogP contribution is 2.21. The Hall–Kier alpha value is -0.340. The lowest BCUT2D eigenvalue weighted by molar-refractivity contribution is 0.0395. The minimum Gasteiger partial charge on any atom is -0.390 e. The number of nitrogens with zero attached hydrogens (tertiary/aromatic N) is 1. The van der Waals surface area contributed by atoms with Gasteiger partial charge >= 0.3 is 0 Å². The molecule has 2 heteroatoms. The van der Waals surface area contributed by atoms with Crippen LogP contribution in [0.25, 0.3) is 0 Å². The van der Waals surface area contributed by atoms with Gasteiger partial charge in [-0.2, -0.15) is 0 Å². The van der Waals surface area contributed by atoms with Crippen LogP contribution < -0.4 is 0 Å². The van der Waals surface area contributed by atoms with E-state index in [1.807, 2.05) is 13.8 Å². The van der Waals surface area contributed by atoms with E-state index in [2.05, 4.69) is 24.8 Å². The SMILES string of the molecule is CC(C)=CC(CC(C)(C)O)N1CCCCC1. The van der Waals surface area contributed by atoms with Gasteiger partial charge in [-0.15, -0.1) is 0 Å². The maximum absolute atomic E-state index is 9.98. The number of hydrogen-bond acceptors (Lipinski definition) is 2. The lowest BCUT2D eigenvalue weighted by atomic mass is 9.95. The summed E-state index contributed by atoms with van der Waals surface area (Å²) in [6.45, 7) is 10.5. The molecule has 1 unspecified atom stereocenters. The molecule has 1 fully saturated rings. The van der Waals surface area contributed by atoms with E-state index in [4.69, 9.17) is 0 Å². The topological polar surface area (TPSA) is 23.5 Å². The van der Waals surface area contributed by atoms with Crippen LogP contribution in [0.2, 0.25) is 0 Å². The van der Waals surface area contributed by atoms with E-state index in [1.54, 1.807) is 0 Å². The molecule has 1 rings (SSSR count). The summed E-state index contributed by atoms with van der Waals surface area (Å²) >= 11 is 0. The molecule has 1 aliphatic rings. The average molecular weight is 225 g/mol. The Labute approximate surface area is 100 Å². The van der Waals surface area contributed by atoms with Crippen LogP contribution in [0.15, 0.2) is 11.6 Å². The number of likely N-dealkylation sites (tertiary alicyclic amines) is 1. The molecule has 0 amide bonds. The van der Waals surface area contributed by atoms with Crippen molar-refractivity contribution in [2.45, 2.75) is 65.0 Å². The zero-order valence-corrected chi connectivity index (χ0v) is 11.3. The number of hydrogen-bond donors (Lipinski definition) is 1. The first kappa shape index (κ1) is 13.7. The largest absolute Gasteiger partial charge is 0.390 e. The highest BCUT2D eigenvalue weighted by molar-refractivity contribution is 5.03. The van der Waals surface area contributed by atoms with Gasteiger partial charge < -0.3 is 5.11 Å². The molecule has 1 atom stereocenters. The molecule has 16 heavy (non-hydrogen) atoms. The van der Waals surface area contributed by atoms with Gasteiger partial charge in [0.25, 0.3) is 0 Å². The quantitative estimate of drug-likeness (QED) is 0.744. The van der Waals surface area contributed by atoms with E-state index in [1.165, 1.54) is 37.9 Å². The summed E-state index contributed by atoms with van der Waals surface area (Å²) in [5.41, 5.74) is 0.772. The second-order valence-electron chi connectivity index (χ2n) is 5.92. The molecule has 1 aliphatic heterocycles. The maximum atomic E-state index is 9.98. The Balaban J connectivity index is 2.66. The highest BCUT2D eigenvalue weighted by Gasteiger charge is 2.24. The molecule has 0 aliphatic carbocycles. The first-order valence-corrected chi connectivity index (χ1v) is 6.50. The summed E-state index contributed by atoms with van der Waals surface area (Å²) in [6.07, 6.45) is 7.11. The molecular formula is C14H27NO. The van der Waals surface area contributed by atoms with Gasteiger partial charge in [-0.1, -0.05) is 18.1 Å². The molecule has 0 radical (unpaired) electrons. The maximum Gasteiger partial charge on any atom is 0.0609 e. The fourth-order valence-electron chi connectivity index (χ4n) is 2.44. The van der Waals surface area contributed by atoms with E-state index in [9.17, 15) is 5.11 Å². The Morgan fingerprint density at radius 2 is 1.81 bits per heavy atom. The van der Waals surface area contributed by atoms with Gasteiger partial charge in [-0.05, 0) is 60.0 Å². The van der Waals surface area contributed by atoms with E-state index in [0.29, 0.717) is 6.04 Å². The molecule has 1 N–H and O–H groups in total. The van der Waals surface area contributed by atoms with Gasteiger partial charge in [0.1, 0.15) is 0 Å². The number of aliphatic hydroxyl groups is 1. The predicted molar refractivity (Wildman–Crippen MR) is 69.6 cm³/mol. The molecule has 0 spiro atoms. The van der Waals surface area contributed by atoms with Crippen molar-refractivity contribution in [2.75, 3.05) is 13.1 Å². The molecule has 2 nitrogen and oxygen atoms in total. The van der Waals surface area contributed by atoms with Crippen molar-refractivity contribution in [1.82, 2.24) is 4.90 Å². The number of allylic oxidation sites excluding steroid dienone is 1. The summed E-state index contributed by atoms with van der Waals surface area (Å²) in [6, 6.07) is 0.408. The minimum absolute atomic E-state index is 0.408. The zero-order chi connectivity index (χ0) is 12.2. The van der Waals surface area contributed by atoms with Gasteiger partial charge in [0.15, 0.2) is 0 Å². The summed E-state index contributed by atoms with van der Waals surface area (Å²) < 4.78 is 0. The van der Waals surface area contributed by atoms with Gasteiger partial charge in [0, 0.05) is 6.04 Å². The van der Waals surface area contributed by atoms with Crippen LogP contribution in [0.1, 0.15) is 53.4 Å². The first-order valence-electron chi connectivity index (χ1n) is 6.50. The summed E-state index contributed by atoms with van der Waals surface area (Å²) in [5, 5.41) is 9.98. The third-order valence-electron chi connectivity index (χ3n) is 3.09. The zero-order valence-electron chi connectivity index (χ0n) is 11.3. The third-order valence-corrected chi connectivity index (χ3v) is 3.09. The molecule has 1 saturated heterocycles. The Morgan fingerprint density at radius 3 is 2.25 bits per heavy atom. The van der Waals surface area contributed by atoms with Crippen molar-refractivity contribution in [3.8, 4) is 0 Å². The second kappa shape index (κ2) is 5.83. The highest BCUT2D eigenvalue weighted by atomic mass is 16.3. The third kappa shape index (κ3) is 5.13. The van der Waals surface area contributed by atoms with Gasteiger partial charge in [-0.25, -0.2) is 0 Å². The average Bonchev–Trinajstić information content (AvgIpc) is 2.15. The van der Waals surface area contributed by atoms with E-state index in [0.717, 1.165) is 6.42 Å². The molecule has 0 saturated carbocycles.